The molecule has 0 saturated carbocycles. The maximum Gasteiger partial charge on any atom is 0.137 e. The normalized spacial score (nSPS) is 12.8. The average Bonchev–Trinajstić information content (AvgIpc) is 2.87. The van der Waals surface area contributed by atoms with Gasteiger partial charge in [0.2, 0.25) is 0 Å². The van der Waals surface area contributed by atoms with Crippen LogP contribution >= 0.6 is 22.6 Å². The van der Waals surface area contributed by atoms with Gasteiger partial charge in [-0.2, -0.15) is 0 Å². The Labute approximate surface area is 131 Å². The van der Waals surface area contributed by atoms with Crippen LogP contribution in [0, 0.1) is 10.5 Å². The Balaban J connectivity index is 2.07. The van der Waals surface area contributed by atoms with Gasteiger partial charge in [-0.25, -0.2) is 5.43 Å². The molecule has 0 bridgehead atoms. The number of para-hydroxylation sites is 1. The number of hydrazine groups is 1. The van der Waals surface area contributed by atoms with E-state index in [0.29, 0.717) is 0 Å². The molecule has 20 heavy (non-hydrogen) atoms. The summed E-state index contributed by atoms with van der Waals surface area (Å²) in [5, 5.41) is 1.10. The average molecular weight is 378 g/mol. The van der Waals surface area contributed by atoms with Gasteiger partial charge in [0.1, 0.15) is 17.4 Å². The Morgan fingerprint density at radius 3 is 2.55 bits per heavy atom. The maximum atomic E-state index is 5.99. The lowest BCUT2D eigenvalue weighted by Gasteiger charge is -2.13. The molecule has 0 aliphatic heterocycles. The fourth-order valence-electron chi connectivity index (χ4n) is 2.37. The topological polar surface area (TPSA) is 51.2 Å². The Hall–Kier alpha value is -1.37. The van der Waals surface area contributed by atoms with Crippen LogP contribution in [0.4, 0.5) is 0 Å². The number of aryl methyl sites for hydroxylation is 1. The van der Waals surface area contributed by atoms with Gasteiger partial charge in [0.05, 0.1) is 0 Å². The molecular weight excluding hydrogens is 363 g/mol. The zero-order chi connectivity index (χ0) is 14.1. The minimum atomic E-state index is -0.140. The number of benzene rings is 2. The van der Waals surface area contributed by atoms with Crippen molar-refractivity contribution in [1.29, 1.82) is 0 Å². The molecule has 1 aromatic heterocycles. The van der Waals surface area contributed by atoms with E-state index in [-0.39, 0.29) is 6.04 Å². The summed E-state index contributed by atoms with van der Waals surface area (Å²) in [5.74, 6) is 6.55. The van der Waals surface area contributed by atoms with Crippen LogP contribution in [0.25, 0.3) is 11.0 Å². The summed E-state index contributed by atoms with van der Waals surface area (Å²) < 4.78 is 7.19. The number of furan rings is 1. The number of nitrogens with one attached hydrogen (secondary N) is 1. The lowest BCUT2D eigenvalue weighted by atomic mass is 10.1. The van der Waals surface area contributed by atoms with Gasteiger partial charge in [-0.1, -0.05) is 30.3 Å². The number of halogens is 1. The zero-order valence-corrected chi connectivity index (χ0v) is 13.2. The number of hydrogen-bond donors (Lipinski definition) is 2. The summed E-state index contributed by atoms with van der Waals surface area (Å²) in [7, 11) is 0. The quantitative estimate of drug-likeness (QED) is 0.413. The second-order valence-corrected chi connectivity index (χ2v) is 6.04. The minimum absolute atomic E-state index is 0.140. The van der Waals surface area contributed by atoms with Gasteiger partial charge < -0.3 is 4.42 Å². The first-order chi connectivity index (χ1) is 9.69. The minimum Gasteiger partial charge on any atom is -0.459 e. The van der Waals surface area contributed by atoms with Crippen molar-refractivity contribution in [3.63, 3.8) is 0 Å². The van der Waals surface area contributed by atoms with Crippen LogP contribution in [0.1, 0.15) is 22.9 Å². The lowest BCUT2D eigenvalue weighted by molar-refractivity contribution is 0.476. The molecule has 0 aliphatic rings. The van der Waals surface area contributed by atoms with Crippen LogP contribution in [0.3, 0.4) is 0 Å². The highest BCUT2D eigenvalue weighted by molar-refractivity contribution is 14.1. The van der Waals surface area contributed by atoms with E-state index in [2.05, 4.69) is 58.3 Å². The number of nitrogens with two attached hydrogens (primary N) is 1. The molecule has 0 fully saturated rings. The summed E-state index contributed by atoms with van der Waals surface area (Å²) in [6.07, 6.45) is 0. The molecule has 1 atom stereocenters. The fraction of sp³-hybridized carbons (Fsp3) is 0.125. The molecule has 1 unspecified atom stereocenters. The molecule has 0 spiro atoms. The molecule has 102 valence electrons. The SMILES string of the molecule is Cc1cccc2cc(C(NN)c3ccc(I)cc3)oc12. The number of rotatable bonds is 3. The van der Waals surface area contributed by atoms with Crippen molar-refractivity contribution in [2.75, 3.05) is 0 Å². The van der Waals surface area contributed by atoms with Crippen molar-refractivity contribution in [3.05, 3.63) is 69.0 Å². The summed E-state index contributed by atoms with van der Waals surface area (Å²) in [6, 6.07) is 16.3. The summed E-state index contributed by atoms with van der Waals surface area (Å²) in [4.78, 5) is 0. The number of fused-ring (bicyclic) bond motifs is 1. The molecule has 0 aliphatic carbocycles. The molecule has 2 aromatic carbocycles. The van der Waals surface area contributed by atoms with E-state index in [9.17, 15) is 0 Å². The fourth-order valence-corrected chi connectivity index (χ4v) is 2.73. The van der Waals surface area contributed by atoms with Crippen molar-refractivity contribution in [2.24, 2.45) is 5.84 Å². The third-order valence-electron chi connectivity index (χ3n) is 3.41. The number of hydrogen-bond acceptors (Lipinski definition) is 3. The molecule has 3 N–H and O–H groups in total. The summed E-state index contributed by atoms with van der Waals surface area (Å²) in [6.45, 7) is 2.05. The van der Waals surface area contributed by atoms with E-state index in [4.69, 9.17) is 10.3 Å². The molecule has 0 radical (unpaired) electrons. The smallest absolute Gasteiger partial charge is 0.137 e. The van der Waals surface area contributed by atoms with Gasteiger partial charge in [0.15, 0.2) is 0 Å². The first-order valence-electron chi connectivity index (χ1n) is 6.39. The van der Waals surface area contributed by atoms with E-state index in [1.807, 2.05) is 25.1 Å². The third kappa shape index (κ3) is 2.46. The van der Waals surface area contributed by atoms with E-state index < -0.39 is 0 Å². The second-order valence-electron chi connectivity index (χ2n) is 4.79. The summed E-state index contributed by atoms with van der Waals surface area (Å²) >= 11 is 2.29. The highest BCUT2D eigenvalue weighted by Gasteiger charge is 2.17. The van der Waals surface area contributed by atoms with Crippen LogP contribution in [0.15, 0.2) is 52.9 Å². The predicted octanol–water partition coefficient (Wildman–Crippen LogP) is 3.90. The molecule has 4 heteroatoms. The van der Waals surface area contributed by atoms with Crippen molar-refractivity contribution >= 4 is 33.6 Å². The molecule has 0 amide bonds. The van der Waals surface area contributed by atoms with Gasteiger partial charge in [0, 0.05) is 8.96 Å². The van der Waals surface area contributed by atoms with E-state index in [0.717, 1.165) is 27.9 Å². The molecule has 1 heterocycles. The Kier molecular flexibility index (Phi) is 3.78. The zero-order valence-electron chi connectivity index (χ0n) is 11.1. The highest BCUT2D eigenvalue weighted by Crippen LogP contribution is 2.29. The Morgan fingerprint density at radius 2 is 1.90 bits per heavy atom. The van der Waals surface area contributed by atoms with Gasteiger partial charge >= 0.3 is 0 Å². The monoisotopic (exact) mass is 378 g/mol. The third-order valence-corrected chi connectivity index (χ3v) is 4.13. The van der Waals surface area contributed by atoms with Gasteiger partial charge in [-0.15, -0.1) is 0 Å². The second kappa shape index (κ2) is 5.55. The largest absolute Gasteiger partial charge is 0.459 e. The predicted molar refractivity (Wildman–Crippen MR) is 89.3 cm³/mol. The van der Waals surface area contributed by atoms with Gasteiger partial charge in [0.25, 0.3) is 0 Å². The Bertz CT molecular complexity index is 734. The van der Waals surface area contributed by atoms with Crippen molar-refractivity contribution in [1.82, 2.24) is 5.43 Å². The van der Waals surface area contributed by atoms with Crippen LogP contribution in [-0.2, 0) is 0 Å². The molecule has 3 nitrogen and oxygen atoms in total. The molecule has 3 rings (SSSR count). The highest BCUT2D eigenvalue weighted by atomic mass is 127. The van der Waals surface area contributed by atoms with E-state index >= 15 is 0 Å². The van der Waals surface area contributed by atoms with Crippen LogP contribution in [0.5, 0.6) is 0 Å². The summed E-state index contributed by atoms with van der Waals surface area (Å²) in [5.41, 5.74) is 5.98. The first kappa shape index (κ1) is 13.6. The standard InChI is InChI=1S/C16H15IN2O/c1-10-3-2-4-12-9-14(20-16(10)12)15(19-18)11-5-7-13(17)8-6-11/h2-9,15,19H,18H2,1H3. The molecule has 3 aromatic rings. The molecular formula is C16H15IN2O. The van der Waals surface area contributed by atoms with E-state index in [1.165, 1.54) is 3.57 Å². The maximum absolute atomic E-state index is 5.99. The van der Waals surface area contributed by atoms with Gasteiger partial charge in [-0.3, -0.25) is 5.84 Å². The van der Waals surface area contributed by atoms with Crippen molar-refractivity contribution in [2.45, 2.75) is 13.0 Å². The van der Waals surface area contributed by atoms with Crippen molar-refractivity contribution < 1.29 is 4.42 Å². The van der Waals surface area contributed by atoms with Crippen LogP contribution < -0.4 is 11.3 Å². The van der Waals surface area contributed by atoms with Crippen molar-refractivity contribution in [3.8, 4) is 0 Å². The lowest BCUT2D eigenvalue weighted by Crippen LogP contribution is -2.28. The van der Waals surface area contributed by atoms with Crippen LogP contribution in [0.2, 0.25) is 0 Å². The first-order valence-corrected chi connectivity index (χ1v) is 7.47. The van der Waals surface area contributed by atoms with E-state index in [1.54, 1.807) is 0 Å². The Morgan fingerprint density at radius 1 is 1.15 bits per heavy atom. The van der Waals surface area contributed by atoms with Gasteiger partial charge in [-0.05, 0) is 58.8 Å². The molecule has 0 saturated heterocycles. The van der Waals surface area contributed by atoms with Crippen LogP contribution in [-0.4, -0.2) is 0 Å².